The lowest BCUT2D eigenvalue weighted by molar-refractivity contribution is 0.425. The summed E-state index contributed by atoms with van der Waals surface area (Å²) in [5, 5.41) is 4.53. The van der Waals surface area contributed by atoms with Crippen LogP contribution in [-0.2, 0) is 0 Å². The molecule has 0 saturated heterocycles. The molecule has 0 bridgehead atoms. The monoisotopic (exact) mass is 230 g/mol. The topological polar surface area (TPSA) is 54.2 Å². The van der Waals surface area contributed by atoms with E-state index in [4.69, 9.17) is 5.73 Å². The van der Waals surface area contributed by atoms with Crippen LogP contribution in [0.15, 0.2) is 30.5 Å². The minimum absolute atomic E-state index is 0.746. The molecule has 3 N–H and O–H groups in total. The molecule has 0 aliphatic heterocycles. The first-order valence-electron chi connectivity index (χ1n) is 5.69. The minimum Gasteiger partial charge on any atom is -0.399 e. The highest BCUT2D eigenvalue weighted by Gasteiger charge is 2.01. The van der Waals surface area contributed by atoms with Crippen molar-refractivity contribution in [3.05, 3.63) is 30.5 Å². The Kier molecular flexibility index (Phi) is 3.44. The summed E-state index contributed by atoms with van der Waals surface area (Å²) >= 11 is 0. The number of likely N-dealkylation sites (N-methyl/N-ethyl adjacent to an activating group) is 1. The van der Waals surface area contributed by atoms with Crippen molar-refractivity contribution in [3.8, 4) is 0 Å². The summed E-state index contributed by atoms with van der Waals surface area (Å²) in [6.07, 6.45) is 1.81. The normalized spacial score (nSPS) is 11.0. The van der Waals surface area contributed by atoms with Crippen molar-refractivity contribution >= 4 is 22.3 Å². The molecule has 2 aromatic rings. The Morgan fingerprint density at radius 3 is 2.88 bits per heavy atom. The number of nitrogens with zero attached hydrogens (tertiary/aromatic N) is 2. The van der Waals surface area contributed by atoms with E-state index in [1.807, 2.05) is 24.3 Å². The van der Waals surface area contributed by atoms with E-state index >= 15 is 0 Å². The van der Waals surface area contributed by atoms with Gasteiger partial charge in [-0.15, -0.1) is 0 Å². The van der Waals surface area contributed by atoms with Gasteiger partial charge in [0.15, 0.2) is 0 Å². The van der Waals surface area contributed by atoms with E-state index in [1.165, 1.54) is 0 Å². The molecule has 0 aliphatic rings. The smallest absolute Gasteiger partial charge is 0.0743 e. The van der Waals surface area contributed by atoms with Gasteiger partial charge in [0.1, 0.15) is 0 Å². The number of hydrogen-bond donors (Lipinski definition) is 2. The number of pyridine rings is 1. The highest BCUT2D eigenvalue weighted by molar-refractivity contribution is 5.92. The van der Waals surface area contributed by atoms with Gasteiger partial charge >= 0.3 is 0 Å². The summed E-state index contributed by atoms with van der Waals surface area (Å²) < 4.78 is 0. The number of nitrogens with two attached hydrogens (primary N) is 1. The molecule has 17 heavy (non-hydrogen) atoms. The maximum absolute atomic E-state index is 5.75. The van der Waals surface area contributed by atoms with Crippen molar-refractivity contribution in [2.45, 2.75) is 0 Å². The van der Waals surface area contributed by atoms with Crippen LogP contribution in [0.5, 0.6) is 0 Å². The number of benzene rings is 1. The number of anilines is 2. The minimum atomic E-state index is 0.746. The maximum Gasteiger partial charge on any atom is 0.0743 e. The highest BCUT2D eigenvalue weighted by Crippen LogP contribution is 2.22. The molecule has 2 rings (SSSR count). The number of nitrogens with one attached hydrogen (secondary N) is 1. The van der Waals surface area contributed by atoms with E-state index in [-0.39, 0.29) is 0 Å². The van der Waals surface area contributed by atoms with E-state index in [0.717, 1.165) is 35.4 Å². The molecule has 90 valence electrons. The summed E-state index contributed by atoms with van der Waals surface area (Å²) in [6, 6.07) is 7.80. The Morgan fingerprint density at radius 1 is 1.29 bits per heavy atom. The number of fused-ring (bicyclic) bond motifs is 1. The first kappa shape index (κ1) is 11.7. The standard InChI is InChI=1S/C13H18N4/c1-17(2)8-7-16-12-5-6-15-13-9-10(14)3-4-11(12)13/h3-6,9H,7-8,14H2,1-2H3,(H,15,16). The molecule has 0 radical (unpaired) electrons. The van der Waals surface area contributed by atoms with E-state index in [2.05, 4.69) is 29.3 Å². The van der Waals surface area contributed by atoms with Crippen LogP contribution in [0.4, 0.5) is 11.4 Å². The van der Waals surface area contributed by atoms with Gasteiger partial charge in [-0.05, 0) is 38.4 Å². The average Bonchev–Trinajstić information content (AvgIpc) is 2.28. The summed E-state index contributed by atoms with van der Waals surface area (Å²) in [5.74, 6) is 0. The Bertz CT molecular complexity index is 508. The highest BCUT2D eigenvalue weighted by atomic mass is 15.1. The van der Waals surface area contributed by atoms with Crippen LogP contribution in [0.1, 0.15) is 0 Å². The first-order chi connectivity index (χ1) is 8.16. The van der Waals surface area contributed by atoms with Gasteiger partial charge in [-0.1, -0.05) is 0 Å². The molecule has 0 unspecified atom stereocenters. The van der Waals surface area contributed by atoms with Gasteiger partial charge in [0.05, 0.1) is 5.52 Å². The number of aromatic nitrogens is 1. The predicted molar refractivity (Wildman–Crippen MR) is 73.2 cm³/mol. The first-order valence-corrected chi connectivity index (χ1v) is 5.69. The van der Waals surface area contributed by atoms with Crippen molar-refractivity contribution in [3.63, 3.8) is 0 Å². The molecule has 0 saturated carbocycles. The van der Waals surface area contributed by atoms with Crippen LogP contribution >= 0.6 is 0 Å². The van der Waals surface area contributed by atoms with E-state index < -0.39 is 0 Å². The summed E-state index contributed by atoms with van der Waals surface area (Å²) in [7, 11) is 4.13. The third kappa shape index (κ3) is 2.85. The molecule has 0 aliphatic carbocycles. The van der Waals surface area contributed by atoms with Gasteiger partial charge in [0.2, 0.25) is 0 Å². The SMILES string of the molecule is CN(C)CCNc1ccnc2cc(N)ccc12. The van der Waals surface area contributed by atoms with Crippen molar-refractivity contribution in [2.75, 3.05) is 38.2 Å². The molecule has 1 heterocycles. The predicted octanol–water partition coefficient (Wildman–Crippen LogP) is 1.79. The van der Waals surface area contributed by atoms with Crippen molar-refractivity contribution in [1.82, 2.24) is 9.88 Å². The Morgan fingerprint density at radius 2 is 2.12 bits per heavy atom. The number of hydrogen-bond acceptors (Lipinski definition) is 4. The third-order valence-corrected chi connectivity index (χ3v) is 2.64. The molecular formula is C13H18N4. The zero-order valence-corrected chi connectivity index (χ0v) is 10.3. The lowest BCUT2D eigenvalue weighted by atomic mass is 10.1. The van der Waals surface area contributed by atoms with Crippen LogP contribution in [0.2, 0.25) is 0 Å². The Hall–Kier alpha value is -1.81. The molecule has 0 spiro atoms. The van der Waals surface area contributed by atoms with Crippen LogP contribution < -0.4 is 11.1 Å². The average molecular weight is 230 g/mol. The summed E-state index contributed by atoms with van der Waals surface area (Å²) in [6.45, 7) is 1.91. The second kappa shape index (κ2) is 5.01. The zero-order valence-electron chi connectivity index (χ0n) is 10.3. The quantitative estimate of drug-likeness (QED) is 0.786. The Balaban J connectivity index is 2.22. The van der Waals surface area contributed by atoms with E-state index in [1.54, 1.807) is 6.20 Å². The number of rotatable bonds is 4. The molecule has 1 aromatic carbocycles. The number of nitrogen functional groups attached to an aromatic ring is 1. The van der Waals surface area contributed by atoms with Crippen molar-refractivity contribution < 1.29 is 0 Å². The fourth-order valence-corrected chi connectivity index (χ4v) is 1.73. The summed E-state index contributed by atoms with van der Waals surface area (Å²) in [5.41, 5.74) is 8.53. The molecule has 0 amide bonds. The van der Waals surface area contributed by atoms with Gasteiger partial charge in [0, 0.05) is 36.0 Å². The second-order valence-corrected chi connectivity index (χ2v) is 4.37. The lowest BCUT2D eigenvalue weighted by Crippen LogP contribution is -2.20. The van der Waals surface area contributed by atoms with Crippen LogP contribution in [0, 0.1) is 0 Å². The third-order valence-electron chi connectivity index (χ3n) is 2.64. The molecule has 0 atom stereocenters. The lowest BCUT2D eigenvalue weighted by Gasteiger charge is -2.13. The zero-order chi connectivity index (χ0) is 12.3. The van der Waals surface area contributed by atoms with E-state index in [0.29, 0.717) is 0 Å². The van der Waals surface area contributed by atoms with Gasteiger partial charge < -0.3 is 16.0 Å². The summed E-state index contributed by atoms with van der Waals surface area (Å²) in [4.78, 5) is 6.46. The van der Waals surface area contributed by atoms with Crippen LogP contribution in [0.3, 0.4) is 0 Å². The molecule has 0 fully saturated rings. The molecular weight excluding hydrogens is 212 g/mol. The van der Waals surface area contributed by atoms with Crippen LogP contribution in [-0.4, -0.2) is 37.1 Å². The van der Waals surface area contributed by atoms with Crippen molar-refractivity contribution in [1.29, 1.82) is 0 Å². The van der Waals surface area contributed by atoms with Gasteiger partial charge in [0.25, 0.3) is 0 Å². The molecule has 1 aromatic heterocycles. The fraction of sp³-hybridized carbons (Fsp3) is 0.308. The molecule has 4 nitrogen and oxygen atoms in total. The van der Waals surface area contributed by atoms with Gasteiger partial charge in [-0.25, -0.2) is 0 Å². The van der Waals surface area contributed by atoms with E-state index in [9.17, 15) is 0 Å². The molecule has 4 heteroatoms. The second-order valence-electron chi connectivity index (χ2n) is 4.37. The van der Waals surface area contributed by atoms with Crippen molar-refractivity contribution in [2.24, 2.45) is 0 Å². The largest absolute Gasteiger partial charge is 0.399 e. The van der Waals surface area contributed by atoms with Gasteiger partial charge in [-0.2, -0.15) is 0 Å². The van der Waals surface area contributed by atoms with Crippen LogP contribution in [0.25, 0.3) is 10.9 Å². The Labute approximate surface area is 101 Å². The fourth-order valence-electron chi connectivity index (χ4n) is 1.73. The van der Waals surface area contributed by atoms with Gasteiger partial charge in [-0.3, -0.25) is 4.98 Å². The maximum atomic E-state index is 5.75.